The third-order valence-electron chi connectivity index (χ3n) is 0.350. The van der Waals surface area contributed by atoms with Crippen molar-refractivity contribution in [3.63, 3.8) is 0 Å². The molecule has 32 valence electrons. The van der Waals surface area contributed by atoms with Crippen LogP contribution in [0.2, 0.25) is 0 Å². The Morgan fingerprint density at radius 1 is 1.60 bits per heavy atom. The Bertz CT molecular complexity index is 45.6. The Labute approximate surface area is 37.6 Å². The number of thiol groups is 2. The lowest BCUT2D eigenvalue weighted by atomic mass is 11.5. The van der Waals surface area contributed by atoms with Crippen molar-refractivity contribution in [2.45, 2.75) is 0 Å². The second-order valence-corrected chi connectivity index (χ2v) is 3.16. The van der Waals surface area contributed by atoms with E-state index in [9.17, 15) is 0 Å². The van der Waals surface area contributed by atoms with Crippen LogP contribution in [-0.4, -0.2) is 5.88 Å². The van der Waals surface area contributed by atoms with Gasteiger partial charge in [-0.2, -0.15) is 0 Å². The lowest BCUT2D eigenvalue weighted by Gasteiger charge is -1.80. The first-order valence-corrected chi connectivity index (χ1v) is 4.02. The zero-order chi connectivity index (χ0) is 3.54. The normalized spacial score (nSPS) is 24.0. The molecule has 0 aromatic rings. The summed E-state index contributed by atoms with van der Waals surface area (Å²) >= 11 is 0. The van der Waals surface area contributed by atoms with E-state index < -0.39 is 0 Å². The van der Waals surface area contributed by atoms with Gasteiger partial charge >= 0.3 is 0 Å². The average molecular weight is 110 g/mol. The smallest absolute Gasteiger partial charge is 0.0546 e. The predicted octanol–water partition coefficient (Wildman–Crippen LogP) is -1.49. The van der Waals surface area contributed by atoms with Crippen LogP contribution in [0.3, 0.4) is 0 Å². The van der Waals surface area contributed by atoms with Crippen molar-refractivity contribution in [1.29, 1.82) is 0 Å². The Morgan fingerprint density at radius 2 is 2.60 bits per heavy atom. The molecule has 4 heteroatoms. The van der Waals surface area contributed by atoms with Gasteiger partial charge < -0.3 is 0 Å². The van der Waals surface area contributed by atoms with Crippen molar-refractivity contribution >= 4 is 20.8 Å². The van der Waals surface area contributed by atoms with Crippen molar-refractivity contribution in [3.05, 3.63) is 0 Å². The molecule has 0 aromatic heterocycles. The highest BCUT2D eigenvalue weighted by Gasteiger charge is 1.77. The first-order valence-electron chi connectivity index (χ1n) is 1.34. The molecule has 2 nitrogen and oxygen atoms in total. The lowest BCUT2D eigenvalue weighted by Crippen LogP contribution is -2.20. The summed E-state index contributed by atoms with van der Waals surface area (Å²) in [6.45, 7) is 0. The van der Waals surface area contributed by atoms with Gasteiger partial charge in [-0.25, -0.2) is 10.3 Å². The molecular formula is CH6N2S2. The van der Waals surface area contributed by atoms with Crippen LogP contribution in [0.25, 0.3) is 0 Å². The number of nitrogens with one attached hydrogen (secondary N) is 2. The van der Waals surface area contributed by atoms with E-state index in [2.05, 4.69) is 10.3 Å². The fraction of sp³-hybridized carbons (Fsp3) is 1.00. The molecule has 1 aliphatic rings. The highest BCUT2D eigenvalue weighted by atomic mass is 32.8. The van der Waals surface area contributed by atoms with Crippen LogP contribution in [0.4, 0.5) is 0 Å². The van der Waals surface area contributed by atoms with Gasteiger partial charge in [0, 0.05) is 0 Å². The van der Waals surface area contributed by atoms with Gasteiger partial charge in [-0.1, -0.05) is 10.5 Å². The van der Waals surface area contributed by atoms with Gasteiger partial charge in [0.15, 0.2) is 0 Å². The molecule has 0 atom stereocenters. The van der Waals surface area contributed by atoms with E-state index in [1.165, 1.54) is 20.8 Å². The maximum absolute atomic E-state index is 2.95. The quantitative estimate of drug-likeness (QED) is 0.286. The Kier molecular flexibility index (Phi) is 1.46. The van der Waals surface area contributed by atoms with Gasteiger partial charge in [0.05, 0.1) is 5.88 Å². The van der Waals surface area contributed by atoms with Crippen LogP contribution in [0.5, 0.6) is 0 Å². The molecule has 0 saturated heterocycles. The highest BCUT2D eigenvalue weighted by molar-refractivity contribution is 8.26. The zero-order valence-electron chi connectivity index (χ0n) is 2.60. The number of rotatable bonds is 0. The van der Waals surface area contributed by atoms with E-state index in [4.69, 9.17) is 0 Å². The van der Waals surface area contributed by atoms with Gasteiger partial charge in [0.25, 0.3) is 0 Å². The van der Waals surface area contributed by atoms with E-state index in [1.807, 2.05) is 0 Å². The topological polar surface area (TPSA) is 24.1 Å². The summed E-state index contributed by atoms with van der Waals surface area (Å²) in [6.07, 6.45) is 0. The molecule has 0 aromatic carbocycles. The minimum atomic E-state index is 1.10. The molecule has 0 saturated carbocycles. The highest BCUT2D eigenvalue weighted by Crippen LogP contribution is 1.59. The molecule has 0 amide bonds. The molecule has 0 unspecified atom stereocenters. The van der Waals surface area contributed by atoms with Crippen molar-refractivity contribution in [2.75, 3.05) is 5.88 Å². The molecule has 1 aliphatic heterocycles. The van der Waals surface area contributed by atoms with Crippen LogP contribution < -0.4 is 10.3 Å². The fourth-order valence-electron chi connectivity index (χ4n) is 0.177. The SMILES string of the molecule is C1NN[SH]=[SH]1. The van der Waals surface area contributed by atoms with Crippen molar-refractivity contribution in [1.82, 2.24) is 10.3 Å². The molecule has 0 radical (unpaired) electrons. The summed E-state index contributed by atoms with van der Waals surface area (Å²) in [7, 11) is 2.74. The standard InChI is InChI=1S/CH6N2S2/c1-2-3-5-4-1/h2-5H,1H2. The molecule has 5 heavy (non-hydrogen) atoms. The first kappa shape index (κ1) is 3.80. The van der Waals surface area contributed by atoms with Crippen LogP contribution >= 0.6 is 0 Å². The van der Waals surface area contributed by atoms with Crippen LogP contribution in [0, 0.1) is 0 Å². The van der Waals surface area contributed by atoms with Gasteiger partial charge in [-0.15, -0.1) is 10.3 Å². The summed E-state index contributed by atoms with van der Waals surface area (Å²) in [4.78, 5) is 2.93. The minimum absolute atomic E-state index is 1.10. The monoisotopic (exact) mass is 110 g/mol. The molecule has 0 aliphatic carbocycles. The second-order valence-electron chi connectivity index (χ2n) is 0.688. The van der Waals surface area contributed by atoms with E-state index in [-0.39, 0.29) is 0 Å². The molecule has 1 rings (SSSR count). The lowest BCUT2D eigenvalue weighted by molar-refractivity contribution is 0.806. The Balaban J connectivity index is 2.32. The van der Waals surface area contributed by atoms with Crippen molar-refractivity contribution in [3.8, 4) is 0 Å². The Hall–Kier alpha value is 0.620. The van der Waals surface area contributed by atoms with E-state index in [1.54, 1.807) is 0 Å². The summed E-state index contributed by atoms with van der Waals surface area (Å²) in [5.41, 5.74) is 2.95. The van der Waals surface area contributed by atoms with Crippen molar-refractivity contribution < 1.29 is 0 Å². The number of hydrogen-bond donors (Lipinski definition) is 4. The summed E-state index contributed by atoms with van der Waals surface area (Å²) in [5.74, 6) is 1.10. The molecule has 0 fully saturated rings. The summed E-state index contributed by atoms with van der Waals surface area (Å²) in [5, 5.41) is 0. The van der Waals surface area contributed by atoms with E-state index in [0.717, 1.165) is 5.88 Å². The van der Waals surface area contributed by atoms with E-state index in [0.29, 0.717) is 0 Å². The molecule has 1 heterocycles. The summed E-state index contributed by atoms with van der Waals surface area (Å²) in [6, 6.07) is 0. The van der Waals surface area contributed by atoms with Gasteiger partial charge in [-0.05, 0) is 0 Å². The second kappa shape index (κ2) is 1.92. The van der Waals surface area contributed by atoms with Crippen LogP contribution in [0.1, 0.15) is 0 Å². The van der Waals surface area contributed by atoms with Crippen LogP contribution in [-0.2, 0) is 20.8 Å². The Morgan fingerprint density at radius 3 is 2.80 bits per heavy atom. The maximum atomic E-state index is 2.95. The van der Waals surface area contributed by atoms with Gasteiger partial charge in [0.2, 0.25) is 0 Å². The molecule has 0 spiro atoms. The first-order chi connectivity index (χ1) is 2.50. The van der Waals surface area contributed by atoms with Crippen LogP contribution in [0.15, 0.2) is 0 Å². The number of hydrazine groups is 1. The largest absolute Gasteiger partial charge is 0.239 e. The third kappa shape index (κ3) is 1.00. The van der Waals surface area contributed by atoms with E-state index >= 15 is 0 Å². The zero-order valence-corrected chi connectivity index (χ0v) is 4.39. The minimum Gasteiger partial charge on any atom is -0.239 e. The molecule has 2 N–H and O–H groups in total. The number of hydrogen-bond acceptors (Lipinski definition) is 2. The molecule has 0 bridgehead atoms. The summed E-state index contributed by atoms with van der Waals surface area (Å²) < 4.78 is 0. The van der Waals surface area contributed by atoms with Gasteiger partial charge in [0.1, 0.15) is 0 Å². The predicted molar refractivity (Wildman–Crippen MR) is 28.7 cm³/mol. The molecular weight excluding hydrogens is 104 g/mol. The third-order valence-corrected chi connectivity index (χ3v) is 2.20. The maximum Gasteiger partial charge on any atom is 0.0546 e. The van der Waals surface area contributed by atoms with Crippen molar-refractivity contribution in [2.24, 2.45) is 0 Å². The fourth-order valence-corrected chi connectivity index (χ4v) is 1.59. The average Bonchev–Trinajstić information content (AvgIpc) is 1.76. The van der Waals surface area contributed by atoms with Gasteiger partial charge in [-0.3, -0.25) is 0 Å².